The molecule has 0 atom stereocenters. The minimum Gasteiger partial charge on any atom is -0.348 e. The van der Waals surface area contributed by atoms with E-state index in [1.54, 1.807) is 0 Å². The van der Waals surface area contributed by atoms with Crippen molar-refractivity contribution in [1.29, 1.82) is 0 Å². The molecule has 5 nitrogen and oxygen atoms in total. The second-order valence-corrected chi connectivity index (χ2v) is 6.86. The Morgan fingerprint density at radius 2 is 1.83 bits per heavy atom. The molecule has 2 aliphatic rings. The van der Waals surface area contributed by atoms with Gasteiger partial charge in [0.1, 0.15) is 0 Å². The molecule has 106 valence electrons. The molecule has 0 aromatic rings. The summed E-state index contributed by atoms with van der Waals surface area (Å²) in [5, 5.41) is 0. The molecule has 1 heterocycles. The maximum Gasteiger partial charge on any atom is 0.264 e. The molecule has 0 amide bonds. The van der Waals surface area contributed by atoms with Crippen molar-refractivity contribution in [3.8, 4) is 0 Å². The highest BCUT2D eigenvalue weighted by molar-refractivity contribution is 7.85. The Morgan fingerprint density at radius 1 is 1.22 bits per heavy atom. The Balaban J connectivity index is 1.62. The molecule has 1 aliphatic carbocycles. The average Bonchev–Trinajstić information content (AvgIpc) is 2.75. The summed E-state index contributed by atoms with van der Waals surface area (Å²) in [4.78, 5) is 0. The highest BCUT2D eigenvalue weighted by Crippen LogP contribution is 2.39. The van der Waals surface area contributed by atoms with Crippen LogP contribution in [-0.2, 0) is 23.8 Å². The molecule has 0 aromatic carbocycles. The lowest BCUT2D eigenvalue weighted by atomic mass is 9.82. The lowest BCUT2D eigenvalue weighted by Gasteiger charge is -2.35. The third kappa shape index (κ3) is 4.19. The quantitative estimate of drug-likeness (QED) is 0.565. The second kappa shape index (κ2) is 5.86. The molecule has 1 aliphatic heterocycles. The Hall–Kier alpha value is -0.170. The SMILES string of the molecule is CS(=O)(=O)OCCCC1CCC2(CC1)OCCO2. The minimum atomic E-state index is -3.29. The van der Waals surface area contributed by atoms with Crippen LogP contribution < -0.4 is 0 Å². The number of ether oxygens (including phenoxy) is 2. The largest absolute Gasteiger partial charge is 0.348 e. The molecular weight excluding hydrogens is 256 g/mol. The zero-order valence-corrected chi connectivity index (χ0v) is 11.7. The van der Waals surface area contributed by atoms with Gasteiger partial charge in [0.05, 0.1) is 26.1 Å². The summed E-state index contributed by atoms with van der Waals surface area (Å²) < 4.78 is 37.7. The van der Waals surface area contributed by atoms with Gasteiger partial charge in [0.15, 0.2) is 5.79 Å². The van der Waals surface area contributed by atoms with Gasteiger partial charge >= 0.3 is 0 Å². The van der Waals surface area contributed by atoms with E-state index in [-0.39, 0.29) is 5.79 Å². The maximum atomic E-state index is 10.8. The first-order valence-electron chi connectivity index (χ1n) is 6.61. The molecule has 0 unspecified atom stereocenters. The van der Waals surface area contributed by atoms with Crippen molar-refractivity contribution in [3.05, 3.63) is 0 Å². The van der Waals surface area contributed by atoms with Crippen LogP contribution in [0.2, 0.25) is 0 Å². The lowest BCUT2D eigenvalue weighted by molar-refractivity contribution is -0.182. The van der Waals surface area contributed by atoms with E-state index in [0.29, 0.717) is 25.7 Å². The summed E-state index contributed by atoms with van der Waals surface area (Å²) in [6.07, 6.45) is 7.02. The van der Waals surface area contributed by atoms with Crippen LogP contribution in [0.4, 0.5) is 0 Å². The van der Waals surface area contributed by atoms with Crippen LogP contribution in [0, 0.1) is 5.92 Å². The Bertz CT molecular complexity index is 349. The van der Waals surface area contributed by atoms with Crippen molar-refractivity contribution >= 4 is 10.1 Å². The average molecular weight is 278 g/mol. The third-order valence-corrected chi connectivity index (χ3v) is 4.33. The molecular formula is C12H22O5S. The third-order valence-electron chi connectivity index (χ3n) is 3.73. The Labute approximate surface area is 109 Å². The summed E-state index contributed by atoms with van der Waals surface area (Å²) >= 11 is 0. The van der Waals surface area contributed by atoms with Crippen molar-refractivity contribution in [2.45, 2.75) is 44.3 Å². The smallest absolute Gasteiger partial charge is 0.264 e. The summed E-state index contributed by atoms with van der Waals surface area (Å²) in [7, 11) is -3.29. The van der Waals surface area contributed by atoms with Crippen molar-refractivity contribution in [1.82, 2.24) is 0 Å². The summed E-state index contributed by atoms with van der Waals surface area (Å²) in [6.45, 7) is 1.73. The van der Waals surface area contributed by atoms with Gasteiger partial charge in [0, 0.05) is 12.8 Å². The molecule has 0 radical (unpaired) electrons. The molecule has 2 rings (SSSR count). The van der Waals surface area contributed by atoms with Crippen molar-refractivity contribution < 1.29 is 22.1 Å². The van der Waals surface area contributed by atoms with E-state index in [1.165, 1.54) is 0 Å². The first kappa shape index (κ1) is 14.2. The van der Waals surface area contributed by atoms with Gasteiger partial charge in [0.2, 0.25) is 0 Å². The normalized spacial score (nSPS) is 24.7. The number of rotatable bonds is 5. The monoisotopic (exact) mass is 278 g/mol. The Morgan fingerprint density at radius 3 is 2.39 bits per heavy atom. The molecule has 6 heteroatoms. The highest BCUT2D eigenvalue weighted by Gasteiger charge is 2.39. The summed E-state index contributed by atoms with van der Waals surface area (Å²) in [5.41, 5.74) is 0. The first-order valence-corrected chi connectivity index (χ1v) is 8.43. The minimum absolute atomic E-state index is 0.292. The summed E-state index contributed by atoms with van der Waals surface area (Å²) in [6, 6.07) is 0. The molecule has 0 aromatic heterocycles. The molecule has 2 fully saturated rings. The zero-order valence-electron chi connectivity index (χ0n) is 10.9. The fourth-order valence-corrected chi connectivity index (χ4v) is 3.19. The van der Waals surface area contributed by atoms with E-state index in [9.17, 15) is 8.42 Å². The molecule has 1 spiro atoms. The van der Waals surface area contributed by atoms with Gasteiger partial charge < -0.3 is 9.47 Å². The molecule has 1 saturated carbocycles. The predicted molar refractivity (Wildman–Crippen MR) is 66.6 cm³/mol. The van der Waals surface area contributed by atoms with Crippen LogP contribution in [0.1, 0.15) is 38.5 Å². The van der Waals surface area contributed by atoms with Gasteiger partial charge in [0.25, 0.3) is 10.1 Å². The van der Waals surface area contributed by atoms with Crippen LogP contribution in [0.5, 0.6) is 0 Å². The molecule has 18 heavy (non-hydrogen) atoms. The van der Waals surface area contributed by atoms with Crippen molar-refractivity contribution in [2.75, 3.05) is 26.1 Å². The predicted octanol–water partition coefficient (Wildman–Crippen LogP) is 1.68. The van der Waals surface area contributed by atoms with Gasteiger partial charge in [-0.1, -0.05) is 0 Å². The van der Waals surface area contributed by atoms with Crippen LogP contribution in [0.15, 0.2) is 0 Å². The molecule has 0 bridgehead atoms. The van der Waals surface area contributed by atoms with E-state index in [4.69, 9.17) is 13.7 Å². The van der Waals surface area contributed by atoms with Crippen molar-refractivity contribution in [2.24, 2.45) is 5.92 Å². The van der Waals surface area contributed by atoms with Crippen LogP contribution in [0.3, 0.4) is 0 Å². The summed E-state index contributed by atoms with van der Waals surface area (Å²) in [5.74, 6) is 0.353. The van der Waals surface area contributed by atoms with E-state index in [2.05, 4.69) is 0 Å². The first-order chi connectivity index (χ1) is 8.49. The molecule has 0 N–H and O–H groups in total. The molecule has 1 saturated heterocycles. The highest BCUT2D eigenvalue weighted by atomic mass is 32.2. The van der Waals surface area contributed by atoms with Gasteiger partial charge in [-0.05, 0) is 31.6 Å². The van der Waals surface area contributed by atoms with E-state index < -0.39 is 10.1 Å². The topological polar surface area (TPSA) is 61.8 Å². The zero-order chi connectivity index (χ0) is 13.1. The second-order valence-electron chi connectivity index (χ2n) is 5.22. The standard InChI is InChI=1S/C12H22O5S/c1-18(13,14)17-8-2-3-11-4-6-12(7-5-11)15-9-10-16-12/h11H,2-10H2,1H3. The fraction of sp³-hybridized carbons (Fsp3) is 1.00. The maximum absolute atomic E-state index is 10.8. The van der Waals surface area contributed by atoms with Gasteiger partial charge in [-0.15, -0.1) is 0 Å². The fourth-order valence-electron chi connectivity index (χ4n) is 2.77. The van der Waals surface area contributed by atoms with Crippen LogP contribution in [0.25, 0.3) is 0 Å². The number of hydrogen-bond acceptors (Lipinski definition) is 5. The van der Waals surface area contributed by atoms with Gasteiger partial charge in [-0.3, -0.25) is 4.18 Å². The Kier molecular flexibility index (Phi) is 4.64. The number of hydrogen-bond donors (Lipinski definition) is 0. The van der Waals surface area contributed by atoms with Crippen LogP contribution in [-0.4, -0.2) is 40.3 Å². The van der Waals surface area contributed by atoms with E-state index >= 15 is 0 Å². The van der Waals surface area contributed by atoms with E-state index in [0.717, 1.165) is 44.8 Å². The van der Waals surface area contributed by atoms with Gasteiger partial charge in [-0.2, -0.15) is 8.42 Å². The van der Waals surface area contributed by atoms with Gasteiger partial charge in [-0.25, -0.2) is 0 Å². The van der Waals surface area contributed by atoms with Crippen molar-refractivity contribution in [3.63, 3.8) is 0 Å². The van der Waals surface area contributed by atoms with Crippen LogP contribution >= 0.6 is 0 Å². The lowest BCUT2D eigenvalue weighted by Crippen LogP contribution is -2.35. The van der Waals surface area contributed by atoms with E-state index in [1.807, 2.05) is 0 Å².